The van der Waals surface area contributed by atoms with E-state index < -0.39 is 0 Å². The van der Waals surface area contributed by atoms with Crippen LogP contribution in [0.1, 0.15) is 17.1 Å². The van der Waals surface area contributed by atoms with Crippen LogP contribution in [0.4, 0.5) is 0 Å². The quantitative estimate of drug-likeness (QED) is 0.534. The molecule has 0 spiro atoms. The van der Waals surface area contributed by atoms with E-state index in [0.717, 1.165) is 16.4 Å². The van der Waals surface area contributed by atoms with Crippen LogP contribution >= 0.6 is 23.7 Å². The van der Waals surface area contributed by atoms with Gasteiger partial charge in [0.2, 0.25) is 5.13 Å². The number of thiazole rings is 1. The van der Waals surface area contributed by atoms with Gasteiger partial charge in [0.25, 0.3) is 5.56 Å². The van der Waals surface area contributed by atoms with Crippen LogP contribution in [0.3, 0.4) is 0 Å². The molecule has 0 fully saturated rings. The van der Waals surface area contributed by atoms with Gasteiger partial charge in [-0.2, -0.15) is 5.10 Å². The van der Waals surface area contributed by atoms with Crippen molar-refractivity contribution in [1.29, 1.82) is 0 Å². The fourth-order valence-corrected chi connectivity index (χ4v) is 3.53. The minimum atomic E-state index is -0.223. The molecule has 28 heavy (non-hydrogen) atoms. The first-order valence-electron chi connectivity index (χ1n) is 8.18. The Bertz CT molecular complexity index is 1180. The zero-order chi connectivity index (χ0) is 19.0. The van der Waals surface area contributed by atoms with Crippen molar-refractivity contribution in [3.05, 3.63) is 57.3 Å². The molecule has 0 saturated heterocycles. The number of aryl methyl sites for hydroxylation is 1. The first kappa shape index (κ1) is 19.8. The number of H-pyrrole nitrogens is 1. The molecular weight excluding hydrogens is 402 g/mol. The number of hydrogen-bond acceptors (Lipinski definition) is 7. The largest absolute Gasteiger partial charge is 0.493 e. The molecule has 1 aromatic carbocycles. The van der Waals surface area contributed by atoms with E-state index in [1.807, 2.05) is 18.5 Å². The van der Waals surface area contributed by atoms with Gasteiger partial charge in [-0.1, -0.05) is 0 Å². The summed E-state index contributed by atoms with van der Waals surface area (Å²) in [6.45, 7) is 1.94. The Morgan fingerprint density at radius 2 is 1.93 bits per heavy atom. The molecule has 0 bridgehead atoms. The Labute approximate surface area is 170 Å². The van der Waals surface area contributed by atoms with Crippen molar-refractivity contribution >= 4 is 34.6 Å². The molecular formula is C18H18ClN5O3S. The smallest absolute Gasteiger partial charge is 0.258 e. The second kappa shape index (κ2) is 7.99. The molecule has 0 atom stereocenters. The van der Waals surface area contributed by atoms with Crippen LogP contribution in [0.25, 0.3) is 16.0 Å². The van der Waals surface area contributed by atoms with E-state index in [-0.39, 0.29) is 18.0 Å². The first-order valence-corrected chi connectivity index (χ1v) is 9.06. The first-order chi connectivity index (χ1) is 13.1. The SMILES string of the molecule is COc1cc2nc(Cc3cnn(-c4nc(C)cs4)c3)[nH]c(=O)c2cc1OC.Cl. The van der Waals surface area contributed by atoms with Crippen LogP contribution in [0.5, 0.6) is 11.5 Å². The molecule has 0 radical (unpaired) electrons. The number of rotatable bonds is 5. The molecule has 4 aromatic rings. The monoisotopic (exact) mass is 419 g/mol. The number of nitrogens with one attached hydrogen (secondary N) is 1. The number of methoxy groups -OCH3 is 2. The maximum atomic E-state index is 12.5. The molecule has 4 rings (SSSR count). The predicted octanol–water partition coefficient (Wildman–Crippen LogP) is 2.90. The molecule has 0 aliphatic carbocycles. The molecule has 3 aromatic heterocycles. The predicted molar refractivity (Wildman–Crippen MR) is 109 cm³/mol. The average Bonchev–Trinajstić information content (AvgIpc) is 3.29. The number of halogens is 1. The standard InChI is InChI=1S/C18H17N5O3S.ClH/c1-10-9-27-18(20-10)23-8-11(7-19-23)4-16-21-13-6-15(26-3)14(25-2)5-12(13)17(24)22-16;/h5-9H,4H2,1-3H3,(H,21,22,24);1H. The Balaban J connectivity index is 0.00000225. The molecule has 0 aliphatic heterocycles. The maximum absolute atomic E-state index is 12.5. The number of benzene rings is 1. The lowest BCUT2D eigenvalue weighted by molar-refractivity contribution is 0.355. The summed E-state index contributed by atoms with van der Waals surface area (Å²) in [6, 6.07) is 3.33. The van der Waals surface area contributed by atoms with Gasteiger partial charge in [0.05, 0.1) is 37.0 Å². The fourth-order valence-electron chi connectivity index (χ4n) is 2.79. The molecule has 8 nitrogen and oxygen atoms in total. The maximum Gasteiger partial charge on any atom is 0.258 e. The summed E-state index contributed by atoms with van der Waals surface area (Å²) >= 11 is 1.52. The van der Waals surface area contributed by atoms with Gasteiger partial charge in [-0.25, -0.2) is 14.6 Å². The van der Waals surface area contributed by atoms with Crippen molar-refractivity contribution < 1.29 is 9.47 Å². The normalized spacial score (nSPS) is 10.7. The highest BCUT2D eigenvalue weighted by molar-refractivity contribution is 7.12. The summed E-state index contributed by atoms with van der Waals surface area (Å²) < 4.78 is 12.3. The number of aromatic nitrogens is 5. The summed E-state index contributed by atoms with van der Waals surface area (Å²) in [4.78, 5) is 24.3. The van der Waals surface area contributed by atoms with Crippen LogP contribution in [0, 0.1) is 6.92 Å². The van der Waals surface area contributed by atoms with Crippen LogP contribution in [0.2, 0.25) is 0 Å². The molecule has 1 N–H and O–H groups in total. The highest BCUT2D eigenvalue weighted by Gasteiger charge is 2.12. The molecule has 0 amide bonds. The van der Waals surface area contributed by atoms with Crippen LogP contribution in [0.15, 0.2) is 34.7 Å². The third-order valence-corrected chi connectivity index (χ3v) is 5.02. The van der Waals surface area contributed by atoms with Crippen molar-refractivity contribution in [1.82, 2.24) is 24.7 Å². The molecule has 0 saturated carbocycles. The van der Waals surface area contributed by atoms with Gasteiger partial charge in [0.1, 0.15) is 5.82 Å². The lowest BCUT2D eigenvalue weighted by Gasteiger charge is -2.09. The summed E-state index contributed by atoms with van der Waals surface area (Å²) in [6.07, 6.45) is 4.08. The molecule has 146 valence electrons. The van der Waals surface area contributed by atoms with E-state index >= 15 is 0 Å². The van der Waals surface area contributed by atoms with Crippen molar-refractivity contribution in [3.8, 4) is 16.6 Å². The highest BCUT2D eigenvalue weighted by Crippen LogP contribution is 2.30. The summed E-state index contributed by atoms with van der Waals surface area (Å²) in [5.74, 6) is 1.57. The van der Waals surface area contributed by atoms with Gasteiger partial charge < -0.3 is 14.5 Å². The Hall–Kier alpha value is -2.91. The summed E-state index contributed by atoms with van der Waals surface area (Å²) in [5.41, 5.74) is 2.20. The summed E-state index contributed by atoms with van der Waals surface area (Å²) in [5, 5.41) is 7.56. The van der Waals surface area contributed by atoms with E-state index in [0.29, 0.717) is 34.6 Å². The van der Waals surface area contributed by atoms with Crippen molar-refractivity contribution in [3.63, 3.8) is 0 Å². The van der Waals surface area contributed by atoms with Crippen LogP contribution in [-0.2, 0) is 6.42 Å². The molecule has 0 unspecified atom stereocenters. The zero-order valence-corrected chi connectivity index (χ0v) is 17.1. The van der Waals surface area contributed by atoms with E-state index in [1.165, 1.54) is 18.4 Å². The average molecular weight is 420 g/mol. The number of fused-ring (bicyclic) bond motifs is 1. The van der Waals surface area contributed by atoms with E-state index in [1.54, 1.807) is 30.1 Å². The molecule has 0 aliphatic rings. The minimum absolute atomic E-state index is 0. The fraction of sp³-hybridized carbons (Fsp3) is 0.222. The van der Waals surface area contributed by atoms with Gasteiger partial charge in [-0.05, 0) is 18.6 Å². The highest BCUT2D eigenvalue weighted by atomic mass is 35.5. The second-order valence-corrected chi connectivity index (χ2v) is 6.81. The van der Waals surface area contributed by atoms with Gasteiger partial charge in [0, 0.05) is 24.1 Å². The Kier molecular flexibility index (Phi) is 5.66. The van der Waals surface area contributed by atoms with E-state index in [2.05, 4.69) is 20.1 Å². The third kappa shape index (κ3) is 3.71. The number of ether oxygens (including phenoxy) is 2. The number of hydrogen-bond donors (Lipinski definition) is 1. The van der Waals surface area contributed by atoms with Gasteiger partial charge >= 0.3 is 0 Å². The molecule has 10 heteroatoms. The van der Waals surface area contributed by atoms with Gasteiger partial charge in [-0.3, -0.25) is 4.79 Å². The number of nitrogens with zero attached hydrogens (tertiary/aromatic N) is 4. The van der Waals surface area contributed by atoms with Crippen molar-refractivity contribution in [2.45, 2.75) is 13.3 Å². The minimum Gasteiger partial charge on any atom is -0.493 e. The zero-order valence-electron chi connectivity index (χ0n) is 15.4. The Morgan fingerprint density at radius 3 is 2.61 bits per heavy atom. The van der Waals surface area contributed by atoms with Crippen LogP contribution in [-0.4, -0.2) is 39.0 Å². The topological polar surface area (TPSA) is 94.9 Å². The van der Waals surface area contributed by atoms with E-state index in [9.17, 15) is 4.79 Å². The lowest BCUT2D eigenvalue weighted by atomic mass is 10.2. The number of aromatic amines is 1. The van der Waals surface area contributed by atoms with E-state index in [4.69, 9.17) is 9.47 Å². The third-order valence-electron chi connectivity index (χ3n) is 4.07. The van der Waals surface area contributed by atoms with Gasteiger partial charge in [-0.15, -0.1) is 23.7 Å². The Morgan fingerprint density at radius 1 is 1.18 bits per heavy atom. The van der Waals surface area contributed by atoms with Crippen LogP contribution < -0.4 is 15.0 Å². The lowest BCUT2D eigenvalue weighted by Crippen LogP contribution is -2.12. The van der Waals surface area contributed by atoms with Gasteiger partial charge in [0.15, 0.2) is 11.5 Å². The summed E-state index contributed by atoms with van der Waals surface area (Å²) in [7, 11) is 3.08. The van der Waals surface area contributed by atoms with Crippen molar-refractivity contribution in [2.75, 3.05) is 14.2 Å². The van der Waals surface area contributed by atoms with Crippen molar-refractivity contribution in [2.24, 2.45) is 0 Å². The second-order valence-electron chi connectivity index (χ2n) is 5.98. The molecule has 3 heterocycles.